The van der Waals surface area contributed by atoms with Gasteiger partial charge in [-0.3, -0.25) is 0 Å². The third kappa shape index (κ3) is 3.00. The average molecular weight is 284 g/mol. The number of fused-ring (bicyclic) bond motifs is 1. The fourth-order valence-electron chi connectivity index (χ4n) is 2.88. The summed E-state index contributed by atoms with van der Waals surface area (Å²) in [5.74, 6) is 2.80. The topological polar surface area (TPSA) is 42.7 Å². The van der Waals surface area contributed by atoms with Crippen LogP contribution in [0.4, 0.5) is 0 Å². The first kappa shape index (κ1) is 14.3. The van der Waals surface area contributed by atoms with Crippen molar-refractivity contribution in [1.82, 2.24) is 20.1 Å². The predicted molar refractivity (Wildman–Crippen MR) is 84.1 cm³/mol. The molecule has 1 N–H and O–H groups in total. The second kappa shape index (κ2) is 5.98. The first-order chi connectivity index (χ1) is 10.1. The number of hydrogen-bond acceptors (Lipinski definition) is 3. The minimum Gasteiger partial charge on any atom is -0.314 e. The first-order valence-corrected chi connectivity index (χ1v) is 7.89. The van der Waals surface area contributed by atoms with Crippen molar-refractivity contribution >= 4 is 0 Å². The lowest BCUT2D eigenvalue weighted by Crippen LogP contribution is -2.21. The summed E-state index contributed by atoms with van der Waals surface area (Å²) in [5.41, 5.74) is 2.70. The number of nitrogens with one attached hydrogen (secondary N) is 1. The Bertz CT molecular complexity index is 598. The smallest absolute Gasteiger partial charge is 0.149 e. The number of hydrogen-bond donors (Lipinski definition) is 1. The Morgan fingerprint density at radius 1 is 1.14 bits per heavy atom. The van der Waals surface area contributed by atoms with Crippen molar-refractivity contribution in [1.29, 1.82) is 0 Å². The molecule has 2 heterocycles. The number of aromatic nitrogens is 3. The highest BCUT2D eigenvalue weighted by Gasteiger charge is 2.20. The average Bonchev–Trinajstić information content (AvgIpc) is 3.08. The van der Waals surface area contributed by atoms with Crippen LogP contribution in [0.15, 0.2) is 24.3 Å². The van der Waals surface area contributed by atoms with Gasteiger partial charge in [0, 0.05) is 19.5 Å². The van der Waals surface area contributed by atoms with Crippen LogP contribution in [0.25, 0.3) is 0 Å². The van der Waals surface area contributed by atoms with E-state index >= 15 is 0 Å². The molecule has 21 heavy (non-hydrogen) atoms. The molecule has 3 rings (SSSR count). The number of aryl methyl sites for hydroxylation is 1. The van der Waals surface area contributed by atoms with Crippen LogP contribution in [0.2, 0.25) is 0 Å². The molecule has 1 aromatic heterocycles. The van der Waals surface area contributed by atoms with Gasteiger partial charge in [0.2, 0.25) is 0 Å². The number of benzene rings is 1. The quantitative estimate of drug-likeness (QED) is 0.917. The lowest BCUT2D eigenvalue weighted by atomic mass is 10.0. The van der Waals surface area contributed by atoms with Crippen molar-refractivity contribution in [3.8, 4) is 0 Å². The molecule has 4 heteroatoms. The summed E-state index contributed by atoms with van der Waals surface area (Å²) in [6, 6.07) is 9.10. The summed E-state index contributed by atoms with van der Waals surface area (Å²) in [4.78, 5) is 0. The second-order valence-corrected chi connectivity index (χ2v) is 6.23. The third-order valence-corrected chi connectivity index (χ3v) is 4.28. The van der Waals surface area contributed by atoms with E-state index in [9.17, 15) is 0 Å². The minimum atomic E-state index is 0.231. The van der Waals surface area contributed by atoms with E-state index in [1.165, 1.54) is 17.5 Å². The Kier molecular flexibility index (Phi) is 4.06. The van der Waals surface area contributed by atoms with Crippen LogP contribution in [0.3, 0.4) is 0 Å². The van der Waals surface area contributed by atoms with Crippen LogP contribution in [0, 0.1) is 0 Å². The highest BCUT2D eigenvalue weighted by molar-refractivity contribution is 5.24. The van der Waals surface area contributed by atoms with Crippen LogP contribution >= 0.6 is 0 Å². The number of rotatable bonds is 5. The normalized spacial score (nSPS) is 15.4. The molecule has 1 aliphatic heterocycles. The van der Waals surface area contributed by atoms with E-state index in [2.05, 4.69) is 65.1 Å². The Morgan fingerprint density at radius 3 is 2.62 bits per heavy atom. The van der Waals surface area contributed by atoms with Crippen LogP contribution < -0.4 is 5.32 Å². The van der Waals surface area contributed by atoms with Crippen molar-refractivity contribution < 1.29 is 0 Å². The molecule has 0 saturated carbocycles. The minimum absolute atomic E-state index is 0.231. The molecule has 4 nitrogen and oxygen atoms in total. The van der Waals surface area contributed by atoms with Gasteiger partial charge >= 0.3 is 0 Å². The molecule has 0 aliphatic carbocycles. The van der Waals surface area contributed by atoms with Gasteiger partial charge in [-0.25, -0.2) is 0 Å². The standard InChI is InChI=1S/C17H24N4/c1-12(2)15-8-6-14(7-9-15)11-18-13(3)17-20-19-16-5-4-10-21(16)17/h6-9,12-13,18H,4-5,10-11H2,1-3H3. The van der Waals surface area contributed by atoms with E-state index in [1.807, 2.05) is 0 Å². The van der Waals surface area contributed by atoms with Gasteiger partial charge in [-0.2, -0.15) is 0 Å². The fourth-order valence-corrected chi connectivity index (χ4v) is 2.88. The summed E-state index contributed by atoms with van der Waals surface area (Å²) < 4.78 is 2.26. The molecule has 2 aromatic rings. The van der Waals surface area contributed by atoms with Gasteiger partial charge in [0.05, 0.1) is 6.04 Å². The molecule has 0 amide bonds. The van der Waals surface area contributed by atoms with E-state index < -0.39 is 0 Å². The largest absolute Gasteiger partial charge is 0.314 e. The van der Waals surface area contributed by atoms with E-state index in [0.717, 1.165) is 31.2 Å². The van der Waals surface area contributed by atoms with Crippen LogP contribution in [-0.2, 0) is 19.5 Å². The highest BCUT2D eigenvalue weighted by Crippen LogP contribution is 2.19. The van der Waals surface area contributed by atoms with E-state index in [1.54, 1.807) is 0 Å². The summed E-state index contributed by atoms with van der Waals surface area (Å²) >= 11 is 0. The lowest BCUT2D eigenvalue weighted by molar-refractivity contribution is 0.516. The summed E-state index contributed by atoms with van der Waals surface area (Å²) in [7, 11) is 0. The molecular weight excluding hydrogens is 260 g/mol. The fraction of sp³-hybridized carbons (Fsp3) is 0.529. The van der Waals surface area contributed by atoms with Crippen molar-refractivity contribution in [2.75, 3.05) is 0 Å². The molecule has 0 saturated heterocycles. The zero-order chi connectivity index (χ0) is 14.8. The van der Waals surface area contributed by atoms with Crippen molar-refractivity contribution in [2.45, 2.75) is 58.7 Å². The van der Waals surface area contributed by atoms with Crippen LogP contribution in [0.1, 0.15) is 61.9 Å². The molecule has 1 aromatic carbocycles. The van der Waals surface area contributed by atoms with Gasteiger partial charge < -0.3 is 9.88 Å². The monoisotopic (exact) mass is 284 g/mol. The van der Waals surface area contributed by atoms with Gasteiger partial charge in [-0.1, -0.05) is 38.1 Å². The summed E-state index contributed by atoms with van der Waals surface area (Å²) in [6.45, 7) is 8.54. The molecule has 0 bridgehead atoms. The van der Waals surface area contributed by atoms with Gasteiger partial charge in [-0.15, -0.1) is 10.2 Å². The summed E-state index contributed by atoms with van der Waals surface area (Å²) in [6.07, 6.45) is 2.26. The van der Waals surface area contributed by atoms with Gasteiger partial charge in [0.25, 0.3) is 0 Å². The Balaban J connectivity index is 1.61. The SMILES string of the molecule is CC(C)c1ccc(CNC(C)c2nnc3n2CCC3)cc1. The Labute approximate surface area is 126 Å². The maximum atomic E-state index is 4.34. The zero-order valence-electron chi connectivity index (χ0n) is 13.1. The summed E-state index contributed by atoms with van der Waals surface area (Å²) in [5, 5.41) is 12.2. The van der Waals surface area contributed by atoms with Gasteiger partial charge in [0.1, 0.15) is 11.6 Å². The Morgan fingerprint density at radius 2 is 1.90 bits per heavy atom. The van der Waals surface area contributed by atoms with Gasteiger partial charge in [-0.05, 0) is 30.4 Å². The maximum Gasteiger partial charge on any atom is 0.149 e. The third-order valence-electron chi connectivity index (χ3n) is 4.28. The van der Waals surface area contributed by atoms with Crippen LogP contribution in [-0.4, -0.2) is 14.8 Å². The van der Waals surface area contributed by atoms with Crippen LogP contribution in [0.5, 0.6) is 0 Å². The number of nitrogens with zero attached hydrogens (tertiary/aromatic N) is 3. The van der Waals surface area contributed by atoms with E-state index in [4.69, 9.17) is 0 Å². The molecule has 0 spiro atoms. The zero-order valence-corrected chi connectivity index (χ0v) is 13.1. The second-order valence-electron chi connectivity index (χ2n) is 6.23. The van der Waals surface area contributed by atoms with Crippen molar-refractivity contribution in [3.05, 3.63) is 47.0 Å². The van der Waals surface area contributed by atoms with Crippen molar-refractivity contribution in [2.24, 2.45) is 0 Å². The highest BCUT2D eigenvalue weighted by atomic mass is 15.3. The molecule has 0 fully saturated rings. The maximum absolute atomic E-state index is 4.34. The van der Waals surface area contributed by atoms with Crippen molar-refractivity contribution in [3.63, 3.8) is 0 Å². The molecular formula is C17H24N4. The molecule has 0 radical (unpaired) electrons. The molecule has 1 atom stereocenters. The Hall–Kier alpha value is -1.68. The van der Waals surface area contributed by atoms with E-state index in [0.29, 0.717) is 5.92 Å². The van der Waals surface area contributed by atoms with Gasteiger partial charge in [0.15, 0.2) is 0 Å². The molecule has 1 unspecified atom stereocenters. The first-order valence-electron chi connectivity index (χ1n) is 7.89. The van der Waals surface area contributed by atoms with E-state index in [-0.39, 0.29) is 6.04 Å². The molecule has 1 aliphatic rings. The molecule has 112 valence electrons. The predicted octanol–water partition coefficient (Wildman–Crippen LogP) is 3.20. The lowest BCUT2D eigenvalue weighted by Gasteiger charge is -2.14.